The van der Waals surface area contributed by atoms with E-state index in [2.05, 4.69) is 36.5 Å². The van der Waals surface area contributed by atoms with Crippen molar-refractivity contribution in [3.63, 3.8) is 0 Å². The van der Waals surface area contributed by atoms with Crippen molar-refractivity contribution in [2.45, 2.75) is 53.6 Å². The molecule has 0 atom stereocenters. The van der Waals surface area contributed by atoms with Crippen molar-refractivity contribution in [1.82, 2.24) is 30.2 Å². The molecule has 5 rings (SSSR count). The van der Waals surface area contributed by atoms with Crippen molar-refractivity contribution in [3.05, 3.63) is 86.5 Å². The van der Waals surface area contributed by atoms with Crippen LogP contribution in [0.25, 0.3) is 11.5 Å². The van der Waals surface area contributed by atoms with Crippen LogP contribution in [0.15, 0.2) is 51.5 Å². The monoisotopic (exact) mass is 604 g/mol. The lowest BCUT2D eigenvalue weighted by Gasteiger charge is -2.32. The van der Waals surface area contributed by atoms with Gasteiger partial charge in [0.05, 0.1) is 19.3 Å². The summed E-state index contributed by atoms with van der Waals surface area (Å²) in [6, 6.07) is 11.8. The number of likely N-dealkylation sites (tertiary alicyclic amines) is 1. The molecule has 0 bridgehead atoms. The van der Waals surface area contributed by atoms with Crippen LogP contribution < -0.4 is 5.32 Å². The highest BCUT2D eigenvalue weighted by atomic mass is 79.9. The first kappa shape index (κ1) is 27.8. The number of carbonyl (C=O) groups is 2. The average Bonchev–Trinajstić information content (AvgIpc) is 3.57. The fourth-order valence-corrected chi connectivity index (χ4v) is 5.56. The molecule has 208 valence electrons. The predicted octanol–water partition coefficient (Wildman–Crippen LogP) is 5.15. The minimum atomic E-state index is -0.139. The summed E-state index contributed by atoms with van der Waals surface area (Å²) in [4.78, 5) is 32.7. The average molecular weight is 606 g/mol. The summed E-state index contributed by atoms with van der Waals surface area (Å²) < 4.78 is 8.50. The summed E-state index contributed by atoms with van der Waals surface area (Å²) in [6.45, 7) is 9.69. The number of oxazole rings is 1. The molecule has 2 aromatic heterocycles. The number of rotatable bonds is 7. The van der Waals surface area contributed by atoms with E-state index in [1.54, 1.807) is 4.68 Å². The number of carbonyl (C=O) groups excluding carboxylic acids is 2. The first-order chi connectivity index (χ1) is 19.2. The van der Waals surface area contributed by atoms with Gasteiger partial charge in [-0.1, -0.05) is 45.4 Å². The van der Waals surface area contributed by atoms with Gasteiger partial charge < -0.3 is 14.6 Å². The van der Waals surface area contributed by atoms with Crippen LogP contribution in [-0.4, -0.2) is 49.8 Å². The summed E-state index contributed by atoms with van der Waals surface area (Å²) in [5, 5.41) is 11.4. The van der Waals surface area contributed by atoms with Gasteiger partial charge in [0, 0.05) is 34.6 Å². The molecule has 1 aliphatic rings. The van der Waals surface area contributed by atoms with Crippen molar-refractivity contribution in [2.24, 2.45) is 5.92 Å². The molecular formula is C30H33BrN6O3. The smallest absolute Gasteiger partial charge is 0.254 e. The van der Waals surface area contributed by atoms with Gasteiger partial charge in [-0.3, -0.25) is 9.59 Å². The molecule has 2 amide bonds. The van der Waals surface area contributed by atoms with Crippen LogP contribution in [-0.2, 0) is 17.9 Å². The Bertz CT molecular complexity index is 1540. The molecule has 9 nitrogen and oxygen atoms in total. The number of nitrogens with zero attached hydrogens (tertiary/aromatic N) is 5. The summed E-state index contributed by atoms with van der Waals surface area (Å²) in [5.74, 6) is 1.18. The number of hydrogen-bond donors (Lipinski definition) is 1. The molecule has 3 heterocycles. The Morgan fingerprint density at radius 1 is 1.07 bits per heavy atom. The van der Waals surface area contributed by atoms with Gasteiger partial charge in [-0.2, -0.15) is 0 Å². The van der Waals surface area contributed by atoms with E-state index in [1.165, 1.54) is 0 Å². The van der Waals surface area contributed by atoms with Crippen LogP contribution in [0.4, 0.5) is 0 Å². The minimum absolute atomic E-state index is 0.0214. The van der Waals surface area contributed by atoms with Crippen molar-refractivity contribution < 1.29 is 14.0 Å². The Hall–Kier alpha value is -3.79. The molecule has 4 aromatic rings. The zero-order chi connectivity index (χ0) is 28.4. The van der Waals surface area contributed by atoms with Gasteiger partial charge in [-0.15, -0.1) is 5.10 Å². The third-order valence-corrected chi connectivity index (χ3v) is 8.72. The largest absolute Gasteiger partial charge is 0.441 e. The maximum Gasteiger partial charge on any atom is 0.254 e. The number of amides is 2. The topological polar surface area (TPSA) is 106 Å². The third kappa shape index (κ3) is 5.86. The Kier molecular flexibility index (Phi) is 8.16. The highest BCUT2D eigenvalue weighted by Gasteiger charge is 2.29. The Labute approximate surface area is 242 Å². The second-order valence-electron chi connectivity index (χ2n) is 10.4. The van der Waals surface area contributed by atoms with E-state index in [0.717, 1.165) is 43.7 Å². The lowest BCUT2D eigenvalue weighted by atomic mass is 9.93. The lowest BCUT2D eigenvalue weighted by molar-refractivity contribution is -0.126. The normalized spacial score (nSPS) is 14.0. The van der Waals surface area contributed by atoms with Crippen molar-refractivity contribution in [3.8, 4) is 11.5 Å². The molecule has 1 N–H and O–H groups in total. The Balaban J connectivity index is 1.12. The molecule has 0 spiro atoms. The molecule has 0 unspecified atom stereocenters. The molecule has 10 heteroatoms. The molecule has 1 saturated heterocycles. The standard InChI is InChI=1S/C30H33BrN6O3/c1-18-14-19(2)27(31)20(3)26(18)30(39)36-12-10-22(11-13-36)28(38)32-15-24-16-37(35-34-24)17-25-21(4)40-29(33-25)23-8-6-5-7-9-23/h5-9,14,16,22H,10-13,15,17H2,1-4H3,(H,32,38). The second-order valence-corrected chi connectivity index (χ2v) is 11.2. The molecule has 1 aliphatic heterocycles. The van der Waals surface area contributed by atoms with E-state index in [4.69, 9.17) is 4.42 Å². The van der Waals surface area contributed by atoms with E-state index in [1.807, 2.05) is 75.2 Å². The van der Waals surface area contributed by atoms with Gasteiger partial charge in [0.25, 0.3) is 5.91 Å². The first-order valence-corrected chi connectivity index (χ1v) is 14.2. The summed E-state index contributed by atoms with van der Waals surface area (Å²) in [7, 11) is 0. The Morgan fingerprint density at radius 2 is 1.80 bits per heavy atom. The van der Waals surface area contributed by atoms with Crippen LogP contribution >= 0.6 is 15.9 Å². The van der Waals surface area contributed by atoms with Crippen LogP contribution in [0.5, 0.6) is 0 Å². The quantitative estimate of drug-likeness (QED) is 0.313. The van der Waals surface area contributed by atoms with E-state index in [9.17, 15) is 9.59 Å². The fraction of sp³-hybridized carbons (Fsp3) is 0.367. The van der Waals surface area contributed by atoms with Crippen LogP contribution in [0.1, 0.15) is 57.0 Å². The molecule has 40 heavy (non-hydrogen) atoms. The van der Waals surface area contributed by atoms with Crippen LogP contribution in [0.2, 0.25) is 0 Å². The number of aryl methyl sites for hydroxylation is 3. The van der Waals surface area contributed by atoms with Crippen molar-refractivity contribution in [1.29, 1.82) is 0 Å². The molecule has 0 aliphatic carbocycles. The Morgan fingerprint density at radius 3 is 2.52 bits per heavy atom. The van der Waals surface area contributed by atoms with Gasteiger partial charge in [-0.25, -0.2) is 9.67 Å². The fourth-order valence-electron chi connectivity index (χ4n) is 5.24. The summed E-state index contributed by atoms with van der Waals surface area (Å²) in [5.41, 5.74) is 6.18. The van der Waals surface area contributed by atoms with Crippen molar-refractivity contribution >= 4 is 27.7 Å². The third-order valence-electron chi connectivity index (χ3n) is 7.50. The van der Waals surface area contributed by atoms with Gasteiger partial charge in [0.2, 0.25) is 11.8 Å². The molecule has 2 aromatic carbocycles. The number of aromatic nitrogens is 4. The second kappa shape index (κ2) is 11.8. The zero-order valence-electron chi connectivity index (χ0n) is 23.2. The zero-order valence-corrected chi connectivity index (χ0v) is 24.8. The highest BCUT2D eigenvalue weighted by Crippen LogP contribution is 2.29. The highest BCUT2D eigenvalue weighted by molar-refractivity contribution is 9.10. The maximum atomic E-state index is 13.3. The van der Waals surface area contributed by atoms with Crippen molar-refractivity contribution in [2.75, 3.05) is 13.1 Å². The number of nitrogens with one attached hydrogen (secondary N) is 1. The van der Waals surface area contributed by atoms with Gasteiger partial charge >= 0.3 is 0 Å². The first-order valence-electron chi connectivity index (χ1n) is 13.4. The van der Waals surface area contributed by atoms with E-state index < -0.39 is 0 Å². The van der Waals surface area contributed by atoms with E-state index in [0.29, 0.717) is 50.6 Å². The number of benzene rings is 2. The maximum absolute atomic E-state index is 13.3. The van der Waals surface area contributed by atoms with E-state index in [-0.39, 0.29) is 17.7 Å². The van der Waals surface area contributed by atoms with Crippen LogP contribution in [0.3, 0.4) is 0 Å². The molecule has 1 fully saturated rings. The van der Waals surface area contributed by atoms with Crippen LogP contribution in [0, 0.1) is 33.6 Å². The molecule has 0 saturated carbocycles. The SMILES string of the molecule is Cc1cc(C)c(C(=O)N2CCC(C(=O)NCc3cn(Cc4nc(-c5ccccc5)oc4C)nn3)CC2)c(C)c1Br. The van der Waals surface area contributed by atoms with Gasteiger partial charge in [-0.05, 0) is 69.4 Å². The molecular weight excluding hydrogens is 572 g/mol. The summed E-state index contributed by atoms with van der Waals surface area (Å²) >= 11 is 3.61. The van der Waals surface area contributed by atoms with Gasteiger partial charge in [0.1, 0.15) is 17.1 Å². The predicted molar refractivity (Wildman–Crippen MR) is 155 cm³/mol. The number of halogens is 1. The van der Waals surface area contributed by atoms with Gasteiger partial charge in [0.15, 0.2) is 0 Å². The minimum Gasteiger partial charge on any atom is -0.441 e. The number of hydrogen-bond acceptors (Lipinski definition) is 6. The molecule has 0 radical (unpaired) electrons. The summed E-state index contributed by atoms with van der Waals surface area (Å²) in [6.07, 6.45) is 3.07. The number of piperidine rings is 1. The lowest BCUT2D eigenvalue weighted by Crippen LogP contribution is -2.43. The van der Waals surface area contributed by atoms with E-state index >= 15 is 0 Å².